The number of benzene rings is 1. The number of likely N-dealkylation sites (tertiary alicyclic amines) is 1. The van der Waals surface area contributed by atoms with E-state index in [1.54, 1.807) is 0 Å². The summed E-state index contributed by atoms with van der Waals surface area (Å²) in [6, 6.07) is 5.50. The van der Waals surface area contributed by atoms with Crippen molar-refractivity contribution in [2.45, 2.75) is 51.5 Å². The molecule has 1 aromatic carbocycles. The van der Waals surface area contributed by atoms with Crippen LogP contribution in [0.15, 0.2) is 18.2 Å². The molecule has 2 aliphatic rings. The van der Waals surface area contributed by atoms with E-state index in [-0.39, 0.29) is 11.4 Å². The van der Waals surface area contributed by atoms with Crippen molar-refractivity contribution in [1.29, 1.82) is 0 Å². The number of hydrogen-bond donors (Lipinski definition) is 1. The first-order valence-electron chi connectivity index (χ1n) is 10.1. The molecule has 2 aliphatic heterocycles. The molecule has 1 amide bonds. The highest BCUT2D eigenvalue weighted by Gasteiger charge is 2.24. The monoisotopic (exact) mass is 376 g/mol. The van der Waals surface area contributed by atoms with Crippen LogP contribution in [0.4, 0.5) is 0 Å². The summed E-state index contributed by atoms with van der Waals surface area (Å²) < 4.78 is 16.8. The molecular formula is C21H32N2O4. The SMILES string of the molecule is CC(C)(CN1CCCCCC1)NC(=O)CCOc1ccc2c(c1)OCCO2. The van der Waals surface area contributed by atoms with Crippen molar-refractivity contribution in [2.75, 3.05) is 39.5 Å². The first kappa shape index (κ1) is 19.8. The normalized spacial score (nSPS) is 17.9. The van der Waals surface area contributed by atoms with Crippen molar-refractivity contribution in [3.05, 3.63) is 18.2 Å². The van der Waals surface area contributed by atoms with Crippen molar-refractivity contribution >= 4 is 5.91 Å². The molecule has 6 heteroatoms. The number of hydrogen-bond acceptors (Lipinski definition) is 5. The van der Waals surface area contributed by atoms with E-state index < -0.39 is 0 Å². The predicted octanol–water partition coefficient (Wildman–Crippen LogP) is 3.00. The lowest BCUT2D eigenvalue weighted by molar-refractivity contribution is -0.123. The molecule has 150 valence electrons. The summed E-state index contributed by atoms with van der Waals surface area (Å²) in [4.78, 5) is 14.8. The van der Waals surface area contributed by atoms with Gasteiger partial charge in [0.2, 0.25) is 5.91 Å². The van der Waals surface area contributed by atoms with Crippen LogP contribution in [0.5, 0.6) is 17.2 Å². The number of carbonyl (C=O) groups excluding carboxylic acids is 1. The Kier molecular flexibility index (Phi) is 6.83. The Balaban J connectivity index is 1.40. The van der Waals surface area contributed by atoms with Crippen molar-refractivity contribution in [2.24, 2.45) is 0 Å². The molecular weight excluding hydrogens is 344 g/mol. The fourth-order valence-electron chi connectivity index (χ4n) is 3.71. The second-order valence-corrected chi connectivity index (χ2v) is 8.03. The van der Waals surface area contributed by atoms with Crippen LogP contribution < -0.4 is 19.5 Å². The van der Waals surface area contributed by atoms with Crippen molar-refractivity contribution in [1.82, 2.24) is 10.2 Å². The molecule has 1 aromatic rings. The van der Waals surface area contributed by atoms with Gasteiger partial charge in [-0.15, -0.1) is 0 Å². The molecule has 1 N–H and O–H groups in total. The molecule has 0 unspecified atom stereocenters. The third kappa shape index (κ3) is 6.31. The molecule has 0 bridgehead atoms. The Bertz CT molecular complexity index is 625. The molecule has 0 aliphatic carbocycles. The molecule has 0 spiro atoms. The molecule has 27 heavy (non-hydrogen) atoms. The Morgan fingerprint density at radius 1 is 1.11 bits per heavy atom. The highest BCUT2D eigenvalue weighted by Crippen LogP contribution is 2.33. The van der Waals surface area contributed by atoms with Gasteiger partial charge in [-0.3, -0.25) is 4.79 Å². The van der Waals surface area contributed by atoms with E-state index >= 15 is 0 Å². The third-order valence-electron chi connectivity index (χ3n) is 4.91. The quantitative estimate of drug-likeness (QED) is 0.793. The van der Waals surface area contributed by atoms with Gasteiger partial charge < -0.3 is 24.4 Å². The zero-order chi connectivity index (χ0) is 19.1. The second kappa shape index (κ2) is 9.31. The smallest absolute Gasteiger partial charge is 0.223 e. The maximum absolute atomic E-state index is 12.3. The van der Waals surface area contributed by atoms with Gasteiger partial charge in [-0.2, -0.15) is 0 Å². The Hall–Kier alpha value is -1.95. The molecule has 0 aromatic heterocycles. The van der Waals surface area contributed by atoms with Gasteiger partial charge in [0.05, 0.1) is 13.0 Å². The fourth-order valence-corrected chi connectivity index (χ4v) is 3.71. The van der Waals surface area contributed by atoms with E-state index in [1.807, 2.05) is 18.2 Å². The standard InChI is InChI=1S/C21H32N2O4/c1-21(2,16-23-10-5-3-4-6-11-23)22-20(24)9-12-25-17-7-8-18-19(15-17)27-14-13-26-18/h7-8,15H,3-6,9-14,16H2,1-2H3,(H,22,24). The van der Waals surface area contributed by atoms with Crippen LogP contribution >= 0.6 is 0 Å². The third-order valence-corrected chi connectivity index (χ3v) is 4.91. The minimum absolute atomic E-state index is 0.0207. The molecule has 2 heterocycles. The summed E-state index contributed by atoms with van der Waals surface area (Å²) in [6.07, 6.45) is 5.49. The largest absolute Gasteiger partial charge is 0.493 e. The van der Waals surface area contributed by atoms with E-state index in [0.717, 1.165) is 25.4 Å². The second-order valence-electron chi connectivity index (χ2n) is 8.03. The lowest BCUT2D eigenvalue weighted by atomic mass is 10.0. The van der Waals surface area contributed by atoms with Crippen molar-refractivity contribution in [3.8, 4) is 17.2 Å². The minimum atomic E-state index is -0.238. The van der Waals surface area contributed by atoms with E-state index in [4.69, 9.17) is 14.2 Å². The van der Waals surface area contributed by atoms with Crippen LogP contribution in [0.1, 0.15) is 46.0 Å². The zero-order valence-electron chi connectivity index (χ0n) is 16.6. The molecule has 1 saturated heterocycles. The number of nitrogens with zero attached hydrogens (tertiary/aromatic N) is 1. The van der Waals surface area contributed by atoms with Crippen molar-refractivity contribution in [3.63, 3.8) is 0 Å². The van der Waals surface area contributed by atoms with Gasteiger partial charge in [-0.05, 0) is 51.9 Å². The van der Waals surface area contributed by atoms with Gasteiger partial charge in [0.15, 0.2) is 11.5 Å². The van der Waals surface area contributed by atoms with Gasteiger partial charge in [-0.25, -0.2) is 0 Å². The van der Waals surface area contributed by atoms with Gasteiger partial charge in [0.25, 0.3) is 0 Å². The molecule has 0 saturated carbocycles. The van der Waals surface area contributed by atoms with E-state index in [0.29, 0.717) is 37.7 Å². The van der Waals surface area contributed by atoms with E-state index in [1.165, 1.54) is 25.7 Å². The lowest BCUT2D eigenvalue weighted by Crippen LogP contribution is -2.51. The Morgan fingerprint density at radius 3 is 2.56 bits per heavy atom. The number of amides is 1. The maximum Gasteiger partial charge on any atom is 0.223 e. The summed E-state index contributed by atoms with van der Waals surface area (Å²) in [5, 5.41) is 3.15. The average Bonchev–Trinajstić information content (AvgIpc) is 2.89. The molecule has 3 rings (SSSR count). The van der Waals surface area contributed by atoms with Gasteiger partial charge in [0.1, 0.15) is 19.0 Å². The summed E-state index contributed by atoms with van der Waals surface area (Å²) in [5.74, 6) is 2.15. The first-order chi connectivity index (χ1) is 13.0. The van der Waals surface area contributed by atoms with Crippen LogP contribution in [0.2, 0.25) is 0 Å². The molecule has 6 nitrogen and oxygen atoms in total. The minimum Gasteiger partial charge on any atom is -0.493 e. The van der Waals surface area contributed by atoms with Crippen LogP contribution in [0.3, 0.4) is 0 Å². The van der Waals surface area contributed by atoms with Crippen LogP contribution in [-0.2, 0) is 4.79 Å². The van der Waals surface area contributed by atoms with Gasteiger partial charge in [0, 0.05) is 18.2 Å². The Morgan fingerprint density at radius 2 is 1.81 bits per heavy atom. The predicted molar refractivity (Wildman–Crippen MR) is 105 cm³/mol. The van der Waals surface area contributed by atoms with Crippen molar-refractivity contribution < 1.29 is 19.0 Å². The van der Waals surface area contributed by atoms with E-state index in [2.05, 4.69) is 24.1 Å². The van der Waals surface area contributed by atoms with Crippen LogP contribution in [0, 0.1) is 0 Å². The zero-order valence-corrected chi connectivity index (χ0v) is 16.6. The highest BCUT2D eigenvalue weighted by atomic mass is 16.6. The fraction of sp³-hybridized carbons (Fsp3) is 0.667. The number of carbonyl (C=O) groups is 1. The number of nitrogens with one attached hydrogen (secondary N) is 1. The first-order valence-corrected chi connectivity index (χ1v) is 10.1. The van der Waals surface area contributed by atoms with Crippen LogP contribution in [-0.4, -0.2) is 55.8 Å². The molecule has 0 atom stereocenters. The topological polar surface area (TPSA) is 60.0 Å². The summed E-state index contributed by atoms with van der Waals surface area (Å²) >= 11 is 0. The van der Waals surface area contributed by atoms with Crippen LogP contribution in [0.25, 0.3) is 0 Å². The number of ether oxygens (including phenoxy) is 3. The molecule has 1 fully saturated rings. The molecule has 0 radical (unpaired) electrons. The maximum atomic E-state index is 12.3. The number of rotatable bonds is 7. The summed E-state index contributed by atoms with van der Waals surface area (Å²) in [5.41, 5.74) is -0.238. The van der Waals surface area contributed by atoms with Gasteiger partial charge >= 0.3 is 0 Å². The average molecular weight is 376 g/mol. The van der Waals surface area contributed by atoms with E-state index in [9.17, 15) is 4.79 Å². The summed E-state index contributed by atoms with van der Waals surface area (Å²) in [6.45, 7) is 8.80. The highest BCUT2D eigenvalue weighted by molar-refractivity contribution is 5.76. The van der Waals surface area contributed by atoms with Gasteiger partial charge in [-0.1, -0.05) is 12.8 Å². The number of fused-ring (bicyclic) bond motifs is 1. The lowest BCUT2D eigenvalue weighted by Gasteiger charge is -2.33. The summed E-state index contributed by atoms with van der Waals surface area (Å²) in [7, 11) is 0. The Labute approximate surface area is 162 Å².